The van der Waals surface area contributed by atoms with Crippen LogP contribution in [0.25, 0.3) is 0 Å². The molecule has 0 saturated heterocycles. The number of benzene rings is 1. The normalized spacial score (nSPS) is 9.62. The fourth-order valence-electron chi connectivity index (χ4n) is 1.09. The molecule has 1 aromatic rings. The first kappa shape index (κ1) is 12.6. The molecule has 86 valence electrons. The second kappa shape index (κ2) is 6.17. The minimum absolute atomic E-state index is 0.186. The van der Waals surface area contributed by atoms with Crippen molar-refractivity contribution in [2.75, 3.05) is 12.5 Å². The molecular weight excluding hydrogens is 228 g/mol. The summed E-state index contributed by atoms with van der Waals surface area (Å²) < 4.78 is 9.69. The predicted octanol–water partition coefficient (Wildman–Crippen LogP) is 1.70. The highest BCUT2D eigenvalue weighted by Crippen LogP contribution is 2.13. The number of ketones is 1. The minimum atomic E-state index is -0.842. The Morgan fingerprint density at radius 1 is 1.25 bits per heavy atom. The van der Waals surface area contributed by atoms with E-state index in [1.54, 1.807) is 19.1 Å². The third-order valence-corrected chi connectivity index (χ3v) is 1.94. The monoisotopic (exact) mass is 240 g/mol. The van der Waals surface area contributed by atoms with Crippen molar-refractivity contribution in [3.63, 3.8) is 0 Å². The molecule has 0 unspecified atom stereocenters. The van der Waals surface area contributed by atoms with Crippen LogP contribution in [-0.2, 0) is 9.53 Å². The van der Waals surface area contributed by atoms with E-state index < -0.39 is 11.8 Å². The highest BCUT2D eigenvalue weighted by Gasteiger charge is 2.16. The maximum Gasteiger partial charge on any atom is 0.379 e. The standard InChI is InChI=1S/C11H12O4S/c1-2-14-11(13)10(12)8-3-5-9(6-4-8)15-7-16/h3-6,16H,2,7H2,1H3. The summed E-state index contributed by atoms with van der Waals surface area (Å²) in [6.45, 7) is 1.83. The number of carbonyl (C=O) groups is 2. The van der Waals surface area contributed by atoms with Gasteiger partial charge in [-0.3, -0.25) is 4.79 Å². The molecule has 0 radical (unpaired) electrons. The van der Waals surface area contributed by atoms with Gasteiger partial charge in [0.15, 0.2) is 0 Å². The van der Waals surface area contributed by atoms with E-state index in [0.717, 1.165) is 0 Å². The zero-order valence-electron chi connectivity index (χ0n) is 8.80. The Balaban J connectivity index is 2.73. The van der Waals surface area contributed by atoms with Gasteiger partial charge in [-0.1, -0.05) is 0 Å². The number of thiol groups is 1. The Labute approximate surface area is 99.0 Å². The second-order valence-electron chi connectivity index (χ2n) is 2.85. The van der Waals surface area contributed by atoms with Gasteiger partial charge in [-0.05, 0) is 31.2 Å². The minimum Gasteiger partial charge on any atom is -0.483 e. The van der Waals surface area contributed by atoms with Crippen molar-refractivity contribution in [1.82, 2.24) is 0 Å². The Kier molecular flexibility index (Phi) is 4.85. The Hall–Kier alpha value is -1.49. The average Bonchev–Trinajstić information content (AvgIpc) is 2.30. The zero-order chi connectivity index (χ0) is 12.0. The van der Waals surface area contributed by atoms with Gasteiger partial charge < -0.3 is 9.47 Å². The molecule has 1 rings (SSSR count). The summed E-state index contributed by atoms with van der Waals surface area (Å²) in [5, 5.41) is 0. The first-order chi connectivity index (χ1) is 7.69. The molecule has 0 bridgehead atoms. The molecule has 0 aliphatic rings. The lowest BCUT2D eigenvalue weighted by Gasteiger charge is -2.03. The van der Waals surface area contributed by atoms with Crippen molar-refractivity contribution in [1.29, 1.82) is 0 Å². The van der Waals surface area contributed by atoms with E-state index in [1.807, 2.05) is 0 Å². The van der Waals surface area contributed by atoms with Crippen LogP contribution >= 0.6 is 12.6 Å². The van der Waals surface area contributed by atoms with Crippen LogP contribution in [0.15, 0.2) is 24.3 Å². The van der Waals surface area contributed by atoms with Crippen LogP contribution in [0, 0.1) is 0 Å². The Morgan fingerprint density at radius 3 is 2.38 bits per heavy atom. The molecule has 4 nitrogen and oxygen atoms in total. The van der Waals surface area contributed by atoms with Crippen molar-refractivity contribution in [3.05, 3.63) is 29.8 Å². The Bertz CT molecular complexity index is 372. The third-order valence-electron chi connectivity index (χ3n) is 1.81. The number of rotatable bonds is 5. The SMILES string of the molecule is CCOC(=O)C(=O)c1ccc(OCS)cc1. The first-order valence-corrected chi connectivity index (χ1v) is 5.37. The predicted molar refractivity (Wildman–Crippen MR) is 61.9 cm³/mol. The molecule has 0 heterocycles. The number of carbonyl (C=O) groups excluding carboxylic acids is 2. The molecule has 5 heteroatoms. The molecule has 0 N–H and O–H groups in total. The third kappa shape index (κ3) is 3.27. The van der Waals surface area contributed by atoms with Crippen molar-refractivity contribution in [3.8, 4) is 5.75 Å². The van der Waals surface area contributed by atoms with Crippen molar-refractivity contribution in [2.45, 2.75) is 6.92 Å². The van der Waals surface area contributed by atoms with Crippen molar-refractivity contribution < 1.29 is 19.1 Å². The van der Waals surface area contributed by atoms with E-state index in [1.165, 1.54) is 12.1 Å². The molecular formula is C11H12O4S. The molecule has 1 aromatic carbocycles. The fourth-order valence-corrected chi connectivity index (χ4v) is 1.24. The van der Waals surface area contributed by atoms with E-state index in [-0.39, 0.29) is 18.1 Å². The van der Waals surface area contributed by atoms with Crippen molar-refractivity contribution in [2.24, 2.45) is 0 Å². The molecule has 0 aliphatic carbocycles. The van der Waals surface area contributed by atoms with Gasteiger partial charge >= 0.3 is 5.97 Å². The van der Waals surface area contributed by atoms with E-state index in [0.29, 0.717) is 5.75 Å². The largest absolute Gasteiger partial charge is 0.483 e. The average molecular weight is 240 g/mol. The van der Waals surface area contributed by atoms with E-state index in [4.69, 9.17) is 4.74 Å². The smallest absolute Gasteiger partial charge is 0.379 e. The van der Waals surface area contributed by atoms with E-state index in [2.05, 4.69) is 17.4 Å². The number of hydrogen-bond donors (Lipinski definition) is 1. The fraction of sp³-hybridized carbons (Fsp3) is 0.273. The van der Waals surface area contributed by atoms with Crippen LogP contribution in [0.1, 0.15) is 17.3 Å². The van der Waals surface area contributed by atoms with Crippen LogP contribution in [0.2, 0.25) is 0 Å². The molecule has 0 aliphatic heterocycles. The number of esters is 1. The molecule has 0 fully saturated rings. The quantitative estimate of drug-likeness (QED) is 0.280. The maximum absolute atomic E-state index is 11.5. The van der Waals surface area contributed by atoms with Gasteiger partial charge in [0, 0.05) is 5.56 Å². The topological polar surface area (TPSA) is 52.6 Å². The van der Waals surface area contributed by atoms with Crippen molar-refractivity contribution >= 4 is 24.4 Å². The van der Waals surface area contributed by atoms with Gasteiger partial charge in [0.1, 0.15) is 11.7 Å². The number of hydrogen-bond acceptors (Lipinski definition) is 5. The maximum atomic E-state index is 11.5. The van der Waals surface area contributed by atoms with Gasteiger partial charge in [0.25, 0.3) is 5.78 Å². The van der Waals surface area contributed by atoms with Gasteiger partial charge in [-0.2, -0.15) is 0 Å². The summed E-state index contributed by atoms with van der Waals surface area (Å²) in [5.74, 6) is -0.648. The summed E-state index contributed by atoms with van der Waals surface area (Å²) in [6.07, 6.45) is 0. The lowest BCUT2D eigenvalue weighted by Crippen LogP contribution is -2.17. The van der Waals surface area contributed by atoms with Gasteiger partial charge in [-0.15, -0.1) is 12.6 Å². The molecule has 16 heavy (non-hydrogen) atoms. The molecule has 0 spiro atoms. The summed E-state index contributed by atoms with van der Waals surface area (Å²) in [6, 6.07) is 6.22. The summed E-state index contributed by atoms with van der Waals surface area (Å²) in [7, 11) is 0. The second-order valence-corrected chi connectivity index (χ2v) is 3.11. The van der Waals surface area contributed by atoms with Gasteiger partial charge in [-0.25, -0.2) is 4.79 Å². The van der Waals surface area contributed by atoms with Crippen LogP contribution in [0.3, 0.4) is 0 Å². The summed E-state index contributed by atoms with van der Waals surface area (Å²) >= 11 is 3.90. The number of ether oxygens (including phenoxy) is 2. The van der Waals surface area contributed by atoms with Gasteiger partial charge in [0.2, 0.25) is 0 Å². The molecule has 0 atom stereocenters. The molecule has 0 amide bonds. The molecule has 0 saturated carbocycles. The lowest BCUT2D eigenvalue weighted by atomic mass is 10.1. The Morgan fingerprint density at radius 2 is 1.88 bits per heavy atom. The van der Waals surface area contributed by atoms with E-state index >= 15 is 0 Å². The first-order valence-electron chi connectivity index (χ1n) is 4.74. The van der Waals surface area contributed by atoms with E-state index in [9.17, 15) is 9.59 Å². The highest BCUT2D eigenvalue weighted by atomic mass is 32.1. The number of Topliss-reactive ketones (excluding diaryl/α,β-unsaturated/α-hetero) is 1. The lowest BCUT2D eigenvalue weighted by molar-refractivity contribution is -0.137. The summed E-state index contributed by atoms with van der Waals surface area (Å²) in [5.41, 5.74) is 0.282. The highest BCUT2D eigenvalue weighted by molar-refractivity contribution is 7.80. The zero-order valence-corrected chi connectivity index (χ0v) is 9.70. The summed E-state index contributed by atoms with van der Waals surface area (Å²) in [4.78, 5) is 22.6. The van der Waals surface area contributed by atoms with Gasteiger partial charge in [0.05, 0.1) is 6.61 Å². The van der Waals surface area contributed by atoms with Crippen LogP contribution < -0.4 is 4.74 Å². The van der Waals surface area contributed by atoms with Crippen LogP contribution in [0.5, 0.6) is 5.75 Å². The molecule has 0 aromatic heterocycles. The van der Waals surface area contributed by atoms with Crippen LogP contribution in [-0.4, -0.2) is 24.3 Å². The van der Waals surface area contributed by atoms with Crippen LogP contribution in [0.4, 0.5) is 0 Å².